The van der Waals surface area contributed by atoms with Gasteiger partial charge in [0.2, 0.25) is 11.8 Å². The van der Waals surface area contributed by atoms with Crippen LogP contribution < -0.4 is 16.4 Å². The van der Waals surface area contributed by atoms with E-state index in [4.69, 9.17) is 5.73 Å². The van der Waals surface area contributed by atoms with E-state index in [1.165, 1.54) is 12.1 Å². The third kappa shape index (κ3) is 7.24. The average molecular weight is 499 g/mol. The molecule has 0 fully saturated rings. The van der Waals surface area contributed by atoms with E-state index < -0.39 is 35.9 Å². The Hall–Kier alpha value is -3.50. The summed E-state index contributed by atoms with van der Waals surface area (Å²) in [5.74, 6) is -1.54. The van der Waals surface area contributed by atoms with Crippen LogP contribution in [0.2, 0.25) is 0 Å². The number of phenols is 1. The fraction of sp³-hybridized carbons (Fsp3) is 0.320. The van der Waals surface area contributed by atoms with Gasteiger partial charge in [0.25, 0.3) is 0 Å². The van der Waals surface area contributed by atoms with E-state index in [1.807, 2.05) is 30.5 Å². The highest BCUT2D eigenvalue weighted by Gasteiger charge is 2.29. The highest BCUT2D eigenvalue weighted by atomic mass is 32.2. The number of aliphatic carboxylic acids is 1. The van der Waals surface area contributed by atoms with Gasteiger partial charge in [-0.1, -0.05) is 30.3 Å². The molecular formula is C25H30N4O5S. The third-order valence-corrected chi connectivity index (χ3v) is 6.34. The molecule has 3 atom stereocenters. The van der Waals surface area contributed by atoms with Gasteiger partial charge < -0.3 is 31.6 Å². The molecule has 0 spiro atoms. The number of aromatic amines is 1. The van der Waals surface area contributed by atoms with Crippen molar-refractivity contribution in [2.75, 3.05) is 12.0 Å². The number of aromatic nitrogens is 1. The van der Waals surface area contributed by atoms with Gasteiger partial charge in [-0.3, -0.25) is 9.59 Å². The summed E-state index contributed by atoms with van der Waals surface area (Å²) < 4.78 is 0. The molecule has 186 valence electrons. The standard InChI is InChI=1S/C25H30N4O5S/c1-35-11-10-19(26)23(31)28-21(12-15-6-8-17(30)9-7-15)24(32)29-22(25(33)34)13-16-14-27-20-5-3-2-4-18(16)20/h2-9,14,19,21-22,27,30H,10-13,26H2,1H3,(H,28,31)(H,29,32)(H,33,34). The second kappa shape index (κ2) is 12.3. The van der Waals surface area contributed by atoms with Crippen LogP contribution in [-0.4, -0.2) is 63.1 Å². The van der Waals surface area contributed by atoms with Crippen LogP contribution in [0.4, 0.5) is 0 Å². The summed E-state index contributed by atoms with van der Waals surface area (Å²) in [7, 11) is 0. The number of aromatic hydroxyl groups is 1. The number of carbonyl (C=O) groups excluding carboxylic acids is 2. The number of phenolic OH excluding ortho intramolecular Hbond substituents is 1. The van der Waals surface area contributed by atoms with Crippen molar-refractivity contribution in [3.05, 3.63) is 65.9 Å². The molecule has 1 heterocycles. The minimum Gasteiger partial charge on any atom is -0.508 e. The first kappa shape index (κ1) is 26.1. The second-order valence-electron chi connectivity index (χ2n) is 8.28. The minimum atomic E-state index is -1.20. The number of thioether (sulfide) groups is 1. The minimum absolute atomic E-state index is 0.0677. The second-order valence-corrected chi connectivity index (χ2v) is 9.27. The molecule has 10 heteroatoms. The topological polar surface area (TPSA) is 158 Å². The summed E-state index contributed by atoms with van der Waals surface area (Å²) >= 11 is 1.56. The number of carboxylic acid groups (broad SMARTS) is 1. The molecule has 1 aromatic heterocycles. The number of rotatable bonds is 12. The number of H-pyrrole nitrogens is 1. The first-order valence-electron chi connectivity index (χ1n) is 11.2. The molecule has 2 amide bonds. The van der Waals surface area contributed by atoms with E-state index in [-0.39, 0.29) is 18.6 Å². The maximum absolute atomic E-state index is 13.2. The number of nitrogens with one attached hydrogen (secondary N) is 3. The van der Waals surface area contributed by atoms with Gasteiger partial charge in [0.1, 0.15) is 17.8 Å². The molecule has 0 radical (unpaired) electrons. The Morgan fingerprint density at radius 3 is 2.37 bits per heavy atom. The zero-order chi connectivity index (χ0) is 25.4. The van der Waals surface area contributed by atoms with Gasteiger partial charge in [0.15, 0.2) is 0 Å². The van der Waals surface area contributed by atoms with Crippen LogP contribution in [0.15, 0.2) is 54.7 Å². The first-order valence-corrected chi connectivity index (χ1v) is 12.6. The van der Waals surface area contributed by atoms with Crippen molar-refractivity contribution in [2.24, 2.45) is 5.73 Å². The van der Waals surface area contributed by atoms with Crippen molar-refractivity contribution in [2.45, 2.75) is 37.4 Å². The first-order chi connectivity index (χ1) is 16.8. The van der Waals surface area contributed by atoms with Crippen LogP contribution in [0.1, 0.15) is 17.5 Å². The number of benzene rings is 2. The van der Waals surface area contributed by atoms with Gasteiger partial charge in [-0.2, -0.15) is 11.8 Å². The van der Waals surface area contributed by atoms with E-state index in [1.54, 1.807) is 30.1 Å². The molecule has 3 aromatic rings. The number of hydrogen-bond donors (Lipinski definition) is 6. The molecule has 0 aliphatic heterocycles. The van der Waals surface area contributed by atoms with Crippen molar-refractivity contribution in [3.63, 3.8) is 0 Å². The third-order valence-electron chi connectivity index (χ3n) is 5.69. The number of carboxylic acids is 1. The van der Waals surface area contributed by atoms with Crippen molar-refractivity contribution < 1.29 is 24.6 Å². The summed E-state index contributed by atoms with van der Waals surface area (Å²) in [6.07, 6.45) is 4.25. The fourth-order valence-corrected chi connectivity index (χ4v) is 4.21. The van der Waals surface area contributed by atoms with E-state index in [9.17, 15) is 24.6 Å². The molecular weight excluding hydrogens is 468 g/mol. The average Bonchev–Trinajstić information content (AvgIpc) is 3.25. The highest BCUT2D eigenvalue weighted by Crippen LogP contribution is 2.19. The predicted octanol–water partition coefficient (Wildman–Crippen LogP) is 1.79. The lowest BCUT2D eigenvalue weighted by molar-refractivity contribution is -0.142. The molecule has 0 bridgehead atoms. The Morgan fingerprint density at radius 1 is 1.00 bits per heavy atom. The van der Waals surface area contributed by atoms with Gasteiger partial charge in [0.05, 0.1) is 6.04 Å². The largest absolute Gasteiger partial charge is 0.508 e. The van der Waals surface area contributed by atoms with Crippen LogP contribution in [-0.2, 0) is 27.2 Å². The number of nitrogens with two attached hydrogens (primary N) is 1. The lowest BCUT2D eigenvalue weighted by Gasteiger charge is -2.23. The highest BCUT2D eigenvalue weighted by molar-refractivity contribution is 7.98. The van der Waals surface area contributed by atoms with Crippen LogP contribution in [0, 0.1) is 0 Å². The number of para-hydroxylation sites is 1. The molecule has 0 aliphatic carbocycles. The summed E-state index contributed by atoms with van der Waals surface area (Å²) in [5, 5.41) is 25.5. The van der Waals surface area contributed by atoms with E-state index >= 15 is 0 Å². The van der Waals surface area contributed by atoms with Gasteiger partial charge in [0, 0.05) is 29.9 Å². The van der Waals surface area contributed by atoms with Gasteiger partial charge in [-0.15, -0.1) is 0 Å². The molecule has 0 saturated heterocycles. The van der Waals surface area contributed by atoms with Crippen molar-refractivity contribution >= 4 is 40.4 Å². The summed E-state index contributed by atoms with van der Waals surface area (Å²) in [5.41, 5.74) is 8.28. The van der Waals surface area contributed by atoms with Crippen LogP contribution >= 0.6 is 11.8 Å². The van der Waals surface area contributed by atoms with Crippen molar-refractivity contribution in [1.82, 2.24) is 15.6 Å². The maximum atomic E-state index is 13.2. The normalized spacial score (nSPS) is 13.7. The lowest BCUT2D eigenvalue weighted by atomic mass is 10.0. The zero-order valence-corrected chi connectivity index (χ0v) is 20.2. The quantitative estimate of drug-likeness (QED) is 0.222. The van der Waals surface area contributed by atoms with Crippen LogP contribution in [0.5, 0.6) is 5.75 Å². The predicted molar refractivity (Wildman–Crippen MR) is 136 cm³/mol. The fourth-order valence-electron chi connectivity index (χ4n) is 3.72. The Labute approximate surface area is 207 Å². The van der Waals surface area contributed by atoms with Crippen molar-refractivity contribution in [3.8, 4) is 5.75 Å². The Kier molecular flexibility index (Phi) is 9.16. The number of fused-ring (bicyclic) bond motifs is 1. The smallest absolute Gasteiger partial charge is 0.326 e. The molecule has 35 heavy (non-hydrogen) atoms. The molecule has 3 unspecified atom stereocenters. The molecule has 9 nitrogen and oxygen atoms in total. The van der Waals surface area contributed by atoms with Crippen molar-refractivity contribution in [1.29, 1.82) is 0 Å². The van der Waals surface area contributed by atoms with E-state index in [0.717, 1.165) is 16.5 Å². The maximum Gasteiger partial charge on any atom is 0.326 e. The molecule has 3 rings (SSSR count). The number of carbonyl (C=O) groups is 3. The SMILES string of the molecule is CSCCC(N)C(=O)NC(Cc1ccc(O)cc1)C(=O)NC(Cc1c[nH]c2ccccc12)C(=O)O. The molecule has 0 aliphatic rings. The summed E-state index contributed by atoms with van der Waals surface area (Å²) in [6, 6.07) is 10.7. The lowest BCUT2D eigenvalue weighted by Crippen LogP contribution is -2.55. The molecule has 0 saturated carbocycles. The summed E-state index contributed by atoms with van der Waals surface area (Å²) in [4.78, 5) is 41.0. The summed E-state index contributed by atoms with van der Waals surface area (Å²) in [6.45, 7) is 0. The Bertz CT molecular complexity index is 1160. The monoisotopic (exact) mass is 498 g/mol. The number of hydrogen-bond acceptors (Lipinski definition) is 6. The Balaban J connectivity index is 1.77. The molecule has 2 aromatic carbocycles. The van der Waals surface area contributed by atoms with Gasteiger partial charge in [-0.25, -0.2) is 4.79 Å². The van der Waals surface area contributed by atoms with Crippen LogP contribution in [0.3, 0.4) is 0 Å². The molecule has 7 N–H and O–H groups in total. The Morgan fingerprint density at radius 2 is 1.69 bits per heavy atom. The van der Waals surface area contributed by atoms with E-state index in [0.29, 0.717) is 17.7 Å². The van der Waals surface area contributed by atoms with Gasteiger partial charge in [-0.05, 0) is 47.8 Å². The van der Waals surface area contributed by atoms with Crippen LogP contribution in [0.25, 0.3) is 10.9 Å². The zero-order valence-electron chi connectivity index (χ0n) is 19.4. The van der Waals surface area contributed by atoms with Gasteiger partial charge >= 0.3 is 5.97 Å². The van der Waals surface area contributed by atoms with E-state index in [2.05, 4.69) is 15.6 Å². The number of amides is 2.